The Bertz CT molecular complexity index is 1020. The SMILES string of the molecule is Cc1cc2c(cn1)cc(-c1cc(NC(=N)N)ccc1C)c(=O)n2C. The summed E-state index contributed by atoms with van der Waals surface area (Å²) in [6.07, 6.45) is 1.78. The van der Waals surface area contributed by atoms with Crippen molar-refractivity contribution in [3.05, 3.63) is 58.1 Å². The van der Waals surface area contributed by atoms with E-state index in [4.69, 9.17) is 11.1 Å². The summed E-state index contributed by atoms with van der Waals surface area (Å²) in [5, 5.41) is 11.0. The number of pyridine rings is 2. The molecule has 1 aromatic carbocycles. The van der Waals surface area contributed by atoms with Gasteiger partial charge in [-0.3, -0.25) is 15.2 Å². The van der Waals surface area contributed by atoms with Crippen molar-refractivity contribution in [2.24, 2.45) is 12.8 Å². The number of benzene rings is 1. The Balaban J connectivity index is 2.26. The zero-order valence-electron chi connectivity index (χ0n) is 13.8. The Morgan fingerprint density at radius 1 is 1.21 bits per heavy atom. The Morgan fingerprint density at radius 2 is 1.96 bits per heavy atom. The molecular formula is C18H19N5O. The number of rotatable bonds is 2. The van der Waals surface area contributed by atoms with E-state index in [0.29, 0.717) is 11.3 Å². The summed E-state index contributed by atoms with van der Waals surface area (Å²) in [4.78, 5) is 17.2. The fourth-order valence-electron chi connectivity index (χ4n) is 2.80. The molecule has 0 saturated heterocycles. The van der Waals surface area contributed by atoms with Gasteiger partial charge < -0.3 is 15.6 Å². The smallest absolute Gasteiger partial charge is 0.258 e. The van der Waals surface area contributed by atoms with E-state index in [1.54, 1.807) is 17.8 Å². The quantitative estimate of drug-likeness (QED) is 0.499. The van der Waals surface area contributed by atoms with E-state index in [1.807, 2.05) is 44.2 Å². The van der Waals surface area contributed by atoms with E-state index in [-0.39, 0.29) is 11.5 Å². The lowest BCUT2D eigenvalue weighted by Gasteiger charge is -2.13. The molecule has 2 aromatic heterocycles. The molecule has 0 atom stereocenters. The van der Waals surface area contributed by atoms with Gasteiger partial charge in [0.15, 0.2) is 5.96 Å². The van der Waals surface area contributed by atoms with Gasteiger partial charge in [-0.15, -0.1) is 0 Å². The minimum absolute atomic E-state index is 0.0730. The van der Waals surface area contributed by atoms with Crippen LogP contribution < -0.4 is 16.6 Å². The normalized spacial score (nSPS) is 10.8. The molecule has 4 N–H and O–H groups in total. The van der Waals surface area contributed by atoms with Gasteiger partial charge in [0, 0.05) is 35.6 Å². The molecule has 0 saturated carbocycles. The highest BCUT2D eigenvalue weighted by Crippen LogP contribution is 2.26. The number of aryl methyl sites for hydroxylation is 3. The maximum Gasteiger partial charge on any atom is 0.258 e. The van der Waals surface area contributed by atoms with Gasteiger partial charge in [-0.25, -0.2) is 0 Å². The molecule has 0 bridgehead atoms. The highest BCUT2D eigenvalue weighted by atomic mass is 16.1. The lowest BCUT2D eigenvalue weighted by atomic mass is 9.99. The zero-order chi connectivity index (χ0) is 17.4. The first-order valence-electron chi connectivity index (χ1n) is 7.55. The number of nitrogens with one attached hydrogen (secondary N) is 2. The van der Waals surface area contributed by atoms with Crippen LogP contribution in [0.1, 0.15) is 11.3 Å². The van der Waals surface area contributed by atoms with Crippen molar-refractivity contribution in [2.45, 2.75) is 13.8 Å². The summed E-state index contributed by atoms with van der Waals surface area (Å²) in [5.74, 6) is -0.143. The Hall–Kier alpha value is -3.15. The lowest BCUT2D eigenvalue weighted by Crippen LogP contribution is -2.21. The second-order valence-electron chi connectivity index (χ2n) is 5.88. The number of anilines is 1. The van der Waals surface area contributed by atoms with Crippen molar-refractivity contribution >= 4 is 22.5 Å². The predicted molar refractivity (Wildman–Crippen MR) is 97.4 cm³/mol. The molecule has 24 heavy (non-hydrogen) atoms. The summed E-state index contributed by atoms with van der Waals surface area (Å²) >= 11 is 0. The fraction of sp³-hybridized carbons (Fsp3) is 0.167. The van der Waals surface area contributed by atoms with Crippen molar-refractivity contribution in [3.63, 3.8) is 0 Å². The summed E-state index contributed by atoms with van der Waals surface area (Å²) < 4.78 is 1.64. The van der Waals surface area contributed by atoms with Gasteiger partial charge in [0.1, 0.15) is 0 Å². The molecule has 2 heterocycles. The van der Waals surface area contributed by atoms with Crippen LogP contribution in [0.2, 0.25) is 0 Å². The van der Waals surface area contributed by atoms with Crippen LogP contribution >= 0.6 is 0 Å². The highest BCUT2D eigenvalue weighted by molar-refractivity contribution is 5.91. The fourth-order valence-corrected chi connectivity index (χ4v) is 2.80. The van der Waals surface area contributed by atoms with E-state index in [1.165, 1.54) is 0 Å². The third kappa shape index (κ3) is 2.74. The minimum atomic E-state index is -0.143. The average Bonchev–Trinajstić information content (AvgIpc) is 2.53. The number of nitrogens with zero attached hydrogens (tertiary/aromatic N) is 2. The van der Waals surface area contributed by atoms with Gasteiger partial charge in [0.2, 0.25) is 0 Å². The third-order valence-electron chi connectivity index (χ3n) is 4.05. The van der Waals surface area contributed by atoms with Gasteiger partial charge in [0.25, 0.3) is 5.56 Å². The lowest BCUT2D eigenvalue weighted by molar-refractivity contribution is 0.905. The number of hydrogen-bond donors (Lipinski definition) is 3. The molecule has 0 aliphatic rings. The molecule has 0 unspecified atom stereocenters. The van der Waals surface area contributed by atoms with Crippen LogP contribution in [0.3, 0.4) is 0 Å². The first-order chi connectivity index (χ1) is 11.4. The van der Waals surface area contributed by atoms with Crippen LogP contribution in [0, 0.1) is 19.3 Å². The monoisotopic (exact) mass is 321 g/mol. The maximum absolute atomic E-state index is 12.8. The van der Waals surface area contributed by atoms with Crippen LogP contribution in [-0.2, 0) is 7.05 Å². The van der Waals surface area contributed by atoms with Crippen molar-refractivity contribution in [2.75, 3.05) is 5.32 Å². The summed E-state index contributed by atoms with van der Waals surface area (Å²) in [5.41, 5.74) is 10.1. The summed E-state index contributed by atoms with van der Waals surface area (Å²) in [7, 11) is 1.76. The molecule has 0 radical (unpaired) electrons. The standard InChI is InChI=1S/C18H19N5O/c1-10-4-5-13(22-18(19)20)8-14(10)15-7-12-9-21-11(2)6-16(12)23(3)17(15)24/h4-9H,1-3H3,(H4,19,20,22). The maximum atomic E-state index is 12.8. The highest BCUT2D eigenvalue weighted by Gasteiger charge is 2.12. The number of guanidine groups is 1. The Morgan fingerprint density at radius 3 is 2.67 bits per heavy atom. The number of hydrogen-bond acceptors (Lipinski definition) is 3. The summed E-state index contributed by atoms with van der Waals surface area (Å²) in [6.45, 7) is 3.85. The van der Waals surface area contributed by atoms with Crippen LogP contribution in [0.4, 0.5) is 5.69 Å². The largest absolute Gasteiger partial charge is 0.370 e. The van der Waals surface area contributed by atoms with Crippen molar-refractivity contribution in [1.82, 2.24) is 9.55 Å². The second-order valence-corrected chi connectivity index (χ2v) is 5.88. The third-order valence-corrected chi connectivity index (χ3v) is 4.05. The van der Waals surface area contributed by atoms with E-state index >= 15 is 0 Å². The summed E-state index contributed by atoms with van der Waals surface area (Å²) in [6, 6.07) is 9.33. The molecule has 3 aromatic rings. The van der Waals surface area contributed by atoms with E-state index < -0.39 is 0 Å². The second kappa shape index (κ2) is 5.81. The van der Waals surface area contributed by atoms with Crippen molar-refractivity contribution in [1.29, 1.82) is 5.41 Å². The van der Waals surface area contributed by atoms with Gasteiger partial charge >= 0.3 is 0 Å². The molecule has 0 amide bonds. The van der Waals surface area contributed by atoms with Crippen LogP contribution in [-0.4, -0.2) is 15.5 Å². The van der Waals surface area contributed by atoms with Crippen molar-refractivity contribution < 1.29 is 0 Å². The van der Waals surface area contributed by atoms with Crippen LogP contribution in [0.25, 0.3) is 22.0 Å². The molecule has 0 aliphatic heterocycles. The molecular weight excluding hydrogens is 302 g/mol. The number of aromatic nitrogens is 2. The number of nitrogens with two attached hydrogens (primary N) is 1. The van der Waals surface area contributed by atoms with Gasteiger partial charge in [-0.2, -0.15) is 0 Å². The molecule has 0 fully saturated rings. The molecule has 3 rings (SSSR count). The molecule has 122 valence electrons. The molecule has 6 nitrogen and oxygen atoms in total. The first-order valence-corrected chi connectivity index (χ1v) is 7.55. The molecule has 0 aliphatic carbocycles. The van der Waals surface area contributed by atoms with E-state index in [2.05, 4.69) is 10.3 Å². The van der Waals surface area contributed by atoms with Crippen LogP contribution in [0.5, 0.6) is 0 Å². The Labute approximate surface area is 139 Å². The minimum Gasteiger partial charge on any atom is -0.370 e. The predicted octanol–water partition coefficient (Wildman–Crippen LogP) is 2.52. The van der Waals surface area contributed by atoms with Gasteiger partial charge in [-0.1, -0.05) is 6.07 Å². The average molecular weight is 321 g/mol. The van der Waals surface area contributed by atoms with E-state index in [0.717, 1.165) is 27.7 Å². The van der Waals surface area contributed by atoms with Crippen LogP contribution in [0.15, 0.2) is 41.3 Å². The Kier molecular flexibility index (Phi) is 3.81. The van der Waals surface area contributed by atoms with E-state index in [9.17, 15) is 4.79 Å². The topological polar surface area (TPSA) is 96.8 Å². The first kappa shape index (κ1) is 15.7. The van der Waals surface area contributed by atoms with Gasteiger partial charge in [0.05, 0.1) is 5.52 Å². The number of fused-ring (bicyclic) bond motifs is 1. The molecule has 6 heteroatoms. The molecule has 0 spiro atoms. The zero-order valence-corrected chi connectivity index (χ0v) is 13.8. The van der Waals surface area contributed by atoms with Crippen molar-refractivity contribution in [3.8, 4) is 11.1 Å². The van der Waals surface area contributed by atoms with Gasteiger partial charge in [-0.05, 0) is 49.2 Å².